The minimum atomic E-state index is -0.331. The number of benzene rings is 1. The van der Waals surface area contributed by atoms with Crippen LogP contribution in [-0.4, -0.2) is 58.0 Å². The highest BCUT2D eigenvalue weighted by Gasteiger charge is 2.20. The van der Waals surface area contributed by atoms with E-state index in [2.05, 4.69) is 27.0 Å². The first-order valence-corrected chi connectivity index (χ1v) is 10.8. The van der Waals surface area contributed by atoms with Crippen molar-refractivity contribution in [3.63, 3.8) is 0 Å². The van der Waals surface area contributed by atoms with E-state index in [-0.39, 0.29) is 23.8 Å². The number of aromatic nitrogens is 2. The van der Waals surface area contributed by atoms with E-state index in [1.165, 1.54) is 17.0 Å². The van der Waals surface area contributed by atoms with Crippen LogP contribution in [0.1, 0.15) is 11.8 Å². The Bertz CT molecular complexity index is 1090. The van der Waals surface area contributed by atoms with Gasteiger partial charge in [0.1, 0.15) is 17.0 Å². The van der Waals surface area contributed by atoms with E-state index in [1.54, 1.807) is 34.4 Å². The van der Waals surface area contributed by atoms with E-state index in [0.29, 0.717) is 17.7 Å². The summed E-state index contributed by atoms with van der Waals surface area (Å²) in [4.78, 5) is 35.6. The van der Waals surface area contributed by atoms with Crippen molar-refractivity contribution in [1.82, 2.24) is 19.4 Å². The second-order valence-electron chi connectivity index (χ2n) is 7.40. The molecular formula is C21H24FN5O2S. The summed E-state index contributed by atoms with van der Waals surface area (Å²) in [5.41, 5.74) is 0.582. The fraction of sp³-hybridized carbons (Fsp3) is 0.381. The van der Waals surface area contributed by atoms with Crippen molar-refractivity contribution in [3.05, 3.63) is 57.7 Å². The van der Waals surface area contributed by atoms with Crippen molar-refractivity contribution >= 4 is 33.1 Å². The summed E-state index contributed by atoms with van der Waals surface area (Å²) in [6.07, 6.45) is 2.53. The maximum absolute atomic E-state index is 13.0. The van der Waals surface area contributed by atoms with Crippen LogP contribution in [0, 0.1) is 5.82 Å². The molecule has 1 fully saturated rings. The third kappa shape index (κ3) is 4.75. The van der Waals surface area contributed by atoms with Crippen LogP contribution in [0.3, 0.4) is 0 Å². The number of carbonyl (C=O) groups excluding carboxylic acids is 1. The molecule has 4 rings (SSSR count). The highest BCUT2D eigenvalue weighted by molar-refractivity contribution is 7.18. The molecule has 0 aliphatic carbocycles. The normalized spacial score (nSPS) is 15.5. The molecule has 0 radical (unpaired) electrons. The highest BCUT2D eigenvalue weighted by atomic mass is 32.1. The standard InChI is InChI=1S/C21H24FN5O2S/c1-2-17-11-18-20(30-17)23-13-27(21(18)29)14-26-9-7-25(8-10-26)12-19(28)24-16-5-3-15(22)4-6-16/h3-6,11,13H,2,7-10,12,14H2,1H3,(H,24,28). The Kier molecular flexibility index (Phi) is 6.21. The van der Waals surface area contributed by atoms with Gasteiger partial charge in [-0.3, -0.25) is 24.0 Å². The van der Waals surface area contributed by atoms with E-state index in [1.807, 2.05) is 6.07 Å². The van der Waals surface area contributed by atoms with Crippen molar-refractivity contribution in [2.75, 3.05) is 38.0 Å². The van der Waals surface area contributed by atoms with Gasteiger partial charge in [0.2, 0.25) is 5.91 Å². The van der Waals surface area contributed by atoms with Crippen LogP contribution >= 0.6 is 11.3 Å². The zero-order valence-electron chi connectivity index (χ0n) is 16.8. The molecule has 3 aromatic rings. The van der Waals surface area contributed by atoms with Gasteiger partial charge in [-0.15, -0.1) is 11.3 Å². The van der Waals surface area contributed by atoms with Gasteiger partial charge >= 0.3 is 0 Å². The van der Waals surface area contributed by atoms with Crippen LogP contribution < -0.4 is 10.9 Å². The maximum atomic E-state index is 13.0. The molecule has 1 amide bonds. The van der Waals surface area contributed by atoms with Crippen LogP contribution in [0.2, 0.25) is 0 Å². The zero-order chi connectivity index (χ0) is 21.1. The van der Waals surface area contributed by atoms with Crippen molar-refractivity contribution in [2.45, 2.75) is 20.0 Å². The van der Waals surface area contributed by atoms with Gasteiger partial charge in [0.05, 0.1) is 18.6 Å². The van der Waals surface area contributed by atoms with Crippen LogP contribution in [0.15, 0.2) is 41.5 Å². The number of nitrogens with one attached hydrogen (secondary N) is 1. The third-order valence-electron chi connectivity index (χ3n) is 5.23. The van der Waals surface area contributed by atoms with E-state index >= 15 is 0 Å². The molecule has 0 unspecified atom stereocenters. The van der Waals surface area contributed by atoms with Gasteiger partial charge in [-0.1, -0.05) is 6.92 Å². The molecule has 3 heterocycles. The molecule has 0 bridgehead atoms. The molecule has 158 valence electrons. The SMILES string of the molecule is CCc1cc2c(=O)n(CN3CCN(CC(=O)Nc4ccc(F)cc4)CC3)cnc2s1. The monoisotopic (exact) mass is 429 g/mol. The largest absolute Gasteiger partial charge is 0.325 e. The van der Waals surface area contributed by atoms with Crippen LogP contribution in [-0.2, 0) is 17.9 Å². The molecule has 0 atom stereocenters. The maximum Gasteiger partial charge on any atom is 0.263 e. The number of carbonyl (C=O) groups is 1. The number of piperazine rings is 1. The lowest BCUT2D eigenvalue weighted by Gasteiger charge is -2.34. The minimum Gasteiger partial charge on any atom is -0.325 e. The fourth-order valence-corrected chi connectivity index (χ4v) is 4.45. The number of amides is 1. The Balaban J connectivity index is 1.30. The number of anilines is 1. The number of halogens is 1. The number of thiophene rings is 1. The first-order chi connectivity index (χ1) is 14.5. The van der Waals surface area contributed by atoms with Gasteiger partial charge < -0.3 is 5.32 Å². The van der Waals surface area contributed by atoms with Crippen molar-refractivity contribution in [2.24, 2.45) is 0 Å². The molecule has 1 saturated heterocycles. The Morgan fingerprint density at radius 1 is 1.17 bits per heavy atom. The topological polar surface area (TPSA) is 70.5 Å². The smallest absolute Gasteiger partial charge is 0.263 e. The lowest BCUT2D eigenvalue weighted by Crippen LogP contribution is -2.49. The van der Waals surface area contributed by atoms with Crippen LogP contribution in [0.4, 0.5) is 10.1 Å². The van der Waals surface area contributed by atoms with Crippen LogP contribution in [0.25, 0.3) is 10.2 Å². The second-order valence-corrected chi connectivity index (χ2v) is 8.51. The Morgan fingerprint density at radius 2 is 1.87 bits per heavy atom. The number of nitrogens with zero attached hydrogens (tertiary/aromatic N) is 4. The zero-order valence-corrected chi connectivity index (χ0v) is 17.6. The second kappa shape index (κ2) is 9.03. The predicted octanol–water partition coefficient (Wildman–Crippen LogP) is 2.37. The fourth-order valence-electron chi connectivity index (χ4n) is 3.53. The number of aryl methyl sites for hydroxylation is 1. The van der Waals surface area contributed by atoms with Crippen molar-refractivity contribution in [3.8, 4) is 0 Å². The summed E-state index contributed by atoms with van der Waals surface area (Å²) in [5.74, 6) is -0.451. The molecular weight excluding hydrogens is 405 g/mol. The summed E-state index contributed by atoms with van der Waals surface area (Å²) >= 11 is 1.57. The van der Waals surface area contributed by atoms with E-state index < -0.39 is 0 Å². The number of hydrogen-bond donors (Lipinski definition) is 1. The van der Waals surface area contributed by atoms with Gasteiger partial charge in [-0.25, -0.2) is 9.37 Å². The highest BCUT2D eigenvalue weighted by Crippen LogP contribution is 2.21. The van der Waals surface area contributed by atoms with Crippen LogP contribution in [0.5, 0.6) is 0 Å². The summed E-state index contributed by atoms with van der Waals surface area (Å²) < 4.78 is 14.6. The summed E-state index contributed by atoms with van der Waals surface area (Å²) in [6.45, 7) is 5.85. The predicted molar refractivity (Wildman–Crippen MR) is 116 cm³/mol. The molecule has 1 aliphatic rings. The van der Waals surface area contributed by atoms with E-state index in [9.17, 15) is 14.0 Å². The average molecular weight is 430 g/mol. The number of hydrogen-bond acceptors (Lipinski definition) is 6. The van der Waals surface area contributed by atoms with Gasteiger partial charge in [0.25, 0.3) is 5.56 Å². The van der Waals surface area contributed by atoms with E-state index in [4.69, 9.17) is 0 Å². The number of fused-ring (bicyclic) bond motifs is 1. The molecule has 2 aromatic heterocycles. The molecule has 0 saturated carbocycles. The quantitative estimate of drug-likeness (QED) is 0.652. The van der Waals surface area contributed by atoms with Crippen molar-refractivity contribution in [1.29, 1.82) is 0 Å². The molecule has 9 heteroatoms. The summed E-state index contributed by atoms with van der Waals surface area (Å²) in [6, 6.07) is 7.68. The Morgan fingerprint density at radius 3 is 2.57 bits per heavy atom. The first kappa shape index (κ1) is 20.6. The Labute approximate surface area is 177 Å². The Hall–Kier alpha value is -2.62. The lowest BCUT2D eigenvalue weighted by molar-refractivity contribution is -0.117. The average Bonchev–Trinajstić information content (AvgIpc) is 3.17. The molecule has 7 nitrogen and oxygen atoms in total. The summed E-state index contributed by atoms with van der Waals surface area (Å²) in [5, 5.41) is 3.48. The molecule has 0 spiro atoms. The van der Waals surface area contributed by atoms with Gasteiger partial charge in [0, 0.05) is 36.7 Å². The minimum absolute atomic E-state index is 0.00273. The number of rotatable bonds is 6. The van der Waals surface area contributed by atoms with Crippen molar-refractivity contribution < 1.29 is 9.18 Å². The third-order valence-corrected chi connectivity index (χ3v) is 6.42. The van der Waals surface area contributed by atoms with Gasteiger partial charge in [-0.05, 0) is 36.8 Å². The molecule has 30 heavy (non-hydrogen) atoms. The molecule has 1 aromatic carbocycles. The summed E-state index contributed by atoms with van der Waals surface area (Å²) in [7, 11) is 0. The van der Waals surface area contributed by atoms with Gasteiger partial charge in [0.15, 0.2) is 0 Å². The lowest BCUT2D eigenvalue weighted by atomic mass is 10.3. The van der Waals surface area contributed by atoms with E-state index in [0.717, 1.165) is 37.4 Å². The molecule has 1 N–H and O–H groups in total. The molecule has 1 aliphatic heterocycles. The first-order valence-electron chi connectivity index (χ1n) is 10.00. The van der Waals surface area contributed by atoms with Gasteiger partial charge in [-0.2, -0.15) is 0 Å².